The zero-order valence-corrected chi connectivity index (χ0v) is 10.7. The number of aromatic hydroxyl groups is 1. The second-order valence-electron chi connectivity index (χ2n) is 3.76. The number of ether oxygens (including phenoxy) is 1. The number of hydrogen-bond acceptors (Lipinski definition) is 4. The molecule has 1 aliphatic heterocycles. The Morgan fingerprint density at radius 1 is 1.44 bits per heavy atom. The maximum atomic E-state index is 10.1. The molecule has 0 saturated carbocycles. The molecule has 0 bridgehead atoms. The Hall–Kier alpha value is -0.780. The first-order chi connectivity index (χ1) is 7.72. The molecule has 88 valence electrons. The molecule has 1 aromatic rings. The molecule has 1 aliphatic rings. The molecule has 1 fully saturated rings. The molecule has 0 radical (unpaired) electrons. The van der Waals surface area contributed by atoms with Crippen molar-refractivity contribution in [3.05, 3.63) is 22.2 Å². The lowest BCUT2D eigenvalue weighted by atomic mass is 10.0. The zero-order chi connectivity index (χ0) is 11.5. The van der Waals surface area contributed by atoms with Crippen LogP contribution in [-0.4, -0.2) is 31.9 Å². The minimum Gasteiger partial charge on any atom is -0.504 e. The first-order valence-electron chi connectivity index (χ1n) is 5.23. The van der Waals surface area contributed by atoms with Gasteiger partial charge in [-0.1, -0.05) is 15.9 Å². The van der Waals surface area contributed by atoms with Crippen LogP contribution < -0.4 is 15.4 Å². The lowest BCUT2D eigenvalue weighted by Crippen LogP contribution is -2.42. The number of methoxy groups -OCH3 is 1. The van der Waals surface area contributed by atoms with E-state index in [-0.39, 0.29) is 11.8 Å². The summed E-state index contributed by atoms with van der Waals surface area (Å²) in [5.41, 5.74) is 0.860. The van der Waals surface area contributed by atoms with Gasteiger partial charge in [-0.3, -0.25) is 0 Å². The summed E-state index contributed by atoms with van der Waals surface area (Å²) >= 11 is 3.42. The highest BCUT2D eigenvalue weighted by Crippen LogP contribution is 2.36. The maximum Gasteiger partial charge on any atom is 0.162 e. The van der Waals surface area contributed by atoms with E-state index >= 15 is 0 Å². The molecule has 4 nitrogen and oxygen atoms in total. The SMILES string of the molecule is COc1cc(Br)cc([C@@H]2CNCCN2)c1O. The average molecular weight is 287 g/mol. The first-order valence-corrected chi connectivity index (χ1v) is 6.02. The van der Waals surface area contributed by atoms with E-state index in [1.54, 1.807) is 13.2 Å². The van der Waals surface area contributed by atoms with Gasteiger partial charge in [0, 0.05) is 35.7 Å². The highest BCUT2D eigenvalue weighted by molar-refractivity contribution is 9.10. The summed E-state index contributed by atoms with van der Waals surface area (Å²) < 4.78 is 6.04. The van der Waals surface area contributed by atoms with E-state index in [0.717, 1.165) is 29.7 Å². The Morgan fingerprint density at radius 3 is 2.88 bits per heavy atom. The fourth-order valence-corrected chi connectivity index (χ4v) is 2.34. The smallest absolute Gasteiger partial charge is 0.162 e. The van der Waals surface area contributed by atoms with Crippen LogP contribution >= 0.6 is 15.9 Å². The summed E-state index contributed by atoms with van der Waals surface area (Å²) in [7, 11) is 1.55. The molecule has 0 spiro atoms. The van der Waals surface area contributed by atoms with Gasteiger partial charge in [-0.15, -0.1) is 0 Å². The molecule has 0 aliphatic carbocycles. The Balaban J connectivity index is 2.34. The molecule has 0 unspecified atom stereocenters. The predicted molar refractivity (Wildman–Crippen MR) is 66.0 cm³/mol. The van der Waals surface area contributed by atoms with Crippen molar-refractivity contribution in [2.24, 2.45) is 0 Å². The van der Waals surface area contributed by atoms with Crippen LogP contribution in [0.25, 0.3) is 0 Å². The van der Waals surface area contributed by atoms with Gasteiger partial charge in [-0.25, -0.2) is 0 Å². The second-order valence-corrected chi connectivity index (χ2v) is 4.67. The Bertz CT molecular complexity index is 378. The third-order valence-corrected chi connectivity index (χ3v) is 3.16. The number of benzene rings is 1. The number of rotatable bonds is 2. The average Bonchev–Trinajstić information content (AvgIpc) is 2.33. The molecule has 2 rings (SSSR count). The summed E-state index contributed by atoms with van der Waals surface area (Å²) in [5.74, 6) is 0.712. The minimum atomic E-state index is 0.125. The van der Waals surface area contributed by atoms with E-state index in [2.05, 4.69) is 26.6 Å². The third-order valence-electron chi connectivity index (χ3n) is 2.71. The van der Waals surface area contributed by atoms with Crippen LogP contribution in [0.1, 0.15) is 11.6 Å². The quantitative estimate of drug-likeness (QED) is 0.769. The number of hydrogen-bond donors (Lipinski definition) is 3. The fourth-order valence-electron chi connectivity index (χ4n) is 1.89. The van der Waals surface area contributed by atoms with Gasteiger partial charge >= 0.3 is 0 Å². The molecule has 0 aromatic heterocycles. The van der Waals surface area contributed by atoms with Crippen LogP contribution in [0.5, 0.6) is 11.5 Å². The lowest BCUT2D eigenvalue weighted by molar-refractivity contribution is 0.358. The maximum absolute atomic E-state index is 10.1. The van der Waals surface area contributed by atoms with Crippen molar-refractivity contribution in [2.45, 2.75) is 6.04 Å². The molecular formula is C11H15BrN2O2. The molecule has 16 heavy (non-hydrogen) atoms. The zero-order valence-electron chi connectivity index (χ0n) is 9.09. The molecule has 5 heteroatoms. The van der Waals surface area contributed by atoms with Crippen molar-refractivity contribution in [1.29, 1.82) is 0 Å². The Labute approximate surface area is 103 Å². The van der Waals surface area contributed by atoms with Gasteiger partial charge < -0.3 is 20.5 Å². The molecule has 1 aromatic carbocycles. The van der Waals surface area contributed by atoms with Crippen molar-refractivity contribution >= 4 is 15.9 Å². The Morgan fingerprint density at radius 2 is 2.25 bits per heavy atom. The minimum absolute atomic E-state index is 0.125. The van der Waals surface area contributed by atoms with Crippen LogP contribution in [0.3, 0.4) is 0 Å². The molecule has 3 N–H and O–H groups in total. The van der Waals surface area contributed by atoms with Crippen molar-refractivity contribution in [3.63, 3.8) is 0 Å². The van der Waals surface area contributed by atoms with Gasteiger partial charge in [0.2, 0.25) is 0 Å². The van der Waals surface area contributed by atoms with E-state index in [1.807, 2.05) is 6.07 Å². The number of phenols is 1. The normalized spacial score (nSPS) is 20.8. The molecule has 0 amide bonds. The van der Waals surface area contributed by atoms with Crippen LogP contribution in [0.2, 0.25) is 0 Å². The van der Waals surface area contributed by atoms with Gasteiger partial charge in [0.05, 0.1) is 7.11 Å². The number of piperazine rings is 1. The topological polar surface area (TPSA) is 53.5 Å². The molecular weight excluding hydrogens is 272 g/mol. The number of phenolic OH excluding ortho intramolecular Hbond substituents is 1. The number of nitrogens with one attached hydrogen (secondary N) is 2. The summed E-state index contributed by atoms with van der Waals surface area (Å²) in [6.45, 7) is 2.68. The van der Waals surface area contributed by atoms with Crippen LogP contribution in [-0.2, 0) is 0 Å². The van der Waals surface area contributed by atoms with Gasteiger partial charge in [-0.05, 0) is 12.1 Å². The van der Waals surface area contributed by atoms with E-state index in [0.29, 0.717) is 5.75 Å². The summed E-state index contributed by atoms with van der Waals surface area (Å²) in [6, 6.07) is 3.80. The molecule has 1 heterocycles. The van der Waals surface area contributed by atoms with Gasteiger partial charge in [-0.2, -0.15) is 0 Å². The van der Waals surface area contributed by atoms with Crippen molar-refractivity contribution < 1.29 is 9.84 Å². The lowest BCUT2D eigenvalue weighted by Gasteiger charge is -2.26. The first kappa shape index (κ1) is 11.7. The van der Waals surface area contributed by atoms with E-state index in [1.165, 1.54) is 0 Å². The standard InChI is InChI=1S/C11H15BrN2O2/c1-16-10-5-7(12)4-8(11(10)15)9-6-13-2-3-14-9/h4-5,9,13-15H,2-3,6H2,1H3/t9-/m0/s1. The van der Waals surface area contributed by atoms with Gasteiger partial charge in [0.25, 0.3) is 0 Å². The molecule has 1 saturated heterocycles. The van der Waals surface area contributed by atoms with Gasteiger partial charge in [0.15, 0.2) is 11.5 Å². The van der Waals surface area contributed by atoms with Crippen LogP contribution in [0.4, 0.5) is 0 Å². The van der Waals surface area contributed by atoms with Crippen molar-refractivity contribution in [1.82, 2.24) is 10.6 Å². The fraction of sp³-hybridized carbons (Fsp3) is 0.455. The Kier molecular flexibility index (Phi) is 3.68. The number of halogens is 1. The van der Waals surface area contributed by atoms with E-state index in [4.69, 9.17) is 4.74 Å². The largest absolute Gasteiger partial charge is 0.504 e. The van der Waals surface area contributed by atoms with Crippen LogP contribution in [0, 0.1) is 0 Å². The highest BCUT2D eigenvalue weighted by atomic mass is 79.9. The highest BCUT2D eigenvalue weighted by Gasteiger charge is 2.20. The van der Waals surface area contributed by atoms with Crippen LogP contribution in [0.15, 0.2) is 16.6 Å². The summed E-state index contributed by atoms with van der Waals surface area (Å²) in [5, 5.41) is 16.7. The van der Waals surface area contributed by atoms with E-state index < -0.39 is 0 Å². The van der Waals surface area contributed by atoms with Gasteiger partial charge in [0.1, 0.15) is 0 Å². The van der Waals surface area contributed by atoms with E-state index in [9.17, 15) is 5.11 Å². The van der Waals surface area contributed by atoms with Crippen molar-refractivity contribution in [3.8, 4) is 11.5 Å². The summed E-state index contributed by atoms with van der Waals surface area (Å²) in [4.78, 5) is 0. The third kappa shape index (κ3) is 2.31. The van der Waals surface area contributed by atoms with Crippen molar-refractivity contribution in [2.75, 3.05) is 26.7 Å². The predicted octanol–water partition coefficient (Wildman–Crippen LogP) is 1.40. The monoisotopic (exact) mass is 286 g/mol. The second kappa shape index (κ2) is 5.03. The molecule has 1 atom stereocenters. The summed E-state index contributed by atoms with van der Waals surface area (Å²) in [6.07, 6.45) is 0.